The molecular weight excluding hydrogens is 320 g/mol. The van der Waals surface area contributed by atoms with Gasteiger partial charge < -0.3 is 10.2 Å². The zero-order valence-corrected chi connectivity index (χ0v) is 15.1. The number of nitrogens with zero attached hydrogens (tertiary/aromatic N) is 1. The van der Waals surface area contributed by atoms with Crippen molar-refractivity contribution >= 4 is 17.5 Å². The molecule has 0 aliphatic carbocycles. The van der Waals surface area contributed by atoms with E-state index in [2.05, 4.69) is 31.3 Å². The number of amides is 1. The Balaban J connectivity index is 1.79. The summed E-state index contributed by atoms with van der Waals surface area (Å²) in [5.41, 5.74) is 2.37. The summed E-state index contributed by atoms with van der Waals surface area (Å²) in [5.74, 6) is 0.130. The van der Waals surface area contributed by atoms with Crippen LogP contribution in [0, 0.1) is 0 Å². The second-order valence-electron chi connectivity index (χ2n) is 6.15. The second kappa shape index (κ2) is 9.45. The molecule has 4 heteroatoms. The first-order valence-corrected chi connectivity index (χ1v) is 8.72. The molecule has 0 unspecified atom stereocenters. The molecule has 0 fully saturated rings. The monoisotopic (exact) mass is 344 g/mol. The van der Waals surface area contributed by atoms with Crippen LogP contribution in [0.25, 0.3) is 0 Å². The average Bonchev–Trinajstić information content (AvgIpc) is 2.58. The van der Waals surface area contributed by atoms with E-state index in [9.17, 15) is 4.79 Å². The van der Waals surface area contributed by atoms with E-state index in [0.717, 1.165) is 23.6 Å². The molecule has 0 radical (unpaired) electrons. The quantitative estimate of drug-likeness (QED) is 0.736. The van der Waals surface area contributed by atoms with Crippen molar-refractivity contribution < 1.29 is 4.79 Å². The van der Waals surface area contributed by atoms with E-state index >= 15 is 0 Å². The Morgan fingerprint density at radius 1 is 1.04 bits per heavy atom. The topological polar surface area (TPSA) is 32.3 Å². The Hall–Kier alpha value is -1.84. The van der Waals surface area contributed by atoms with E-state index in [-0.39, 0.29) is 11.9 Å². The molecule has 1 N–H and O–H groups in total. The van der Waals surface area contributed by atoms with E-state index in [1.807, 2.05) is 47.4 Å². The van der Waals surface area contributed by atoms with Crippen LogP contribution >= 0.6 is 11.6 Å². The minimum atomic E-state index is 0.130. The molecule has 0 bridgehead atoms. The molecule has 24 heavy (non-hydrogen) atoms. The highest BCUT2D eigenvalue weighted by molar-refractivity contribution is 6.30. The van der Waals surface area contributed by atoms with Crippen LogP contribution in [0.4, 0.5) is 0 Å². The molecule has 0 aromatic heterocycles. The summed E-state index contributed by atoms with van der Waals surface area (Å²) >= 11 is 5.88. The summed E-state index contributed by atoms with van der Waals surface area (Å²) in [6, 6.07) is 18.1. The van der Waals surface area contributed by atoms with Gasteiger partial charge in [-0.05, 0) is 50.1 Å². The zero-order valence-electron chi connectivity index (χ0n) is 14.3. The molecule has 2 aromatic rings. The first kappa shape index (κ1) is 18.5. The Morgan fingerprint density at radius 2 is 1.71 bits per heavy atom. The van der Waals surface area contributed by atoms with E-state index in [1.54, 1.807) is 0 Å². The van der Waals surface area contributed by atoms with Crippen LogP contribution in [-0.2, 0) is 17.8 Å². The maximum atomic E-state index is 12.5. The summed E-state index contributed by atoms with van der Waals surface area (Å²) in [6.45, 7) is 5.88. The number of nitrogens with one attached hydrogen (secondary N) is 1. The van der Waals surface area contributed by atoms with Crippen LogP contribution in [0.2, 0.25) is 5.02 Å². The lowest BCUT2D eigenvalue weighted by atomic mass is 10.1. The van der Waals surface area contributed by atoms with Crippen LogP contribution < -0.4 is 5.32 Å². The Bertz CT molecular complexity index is 626. The largest absolute Gasteiger partial charge is 0.335 e. The molecular formula is C20H25ClN2O. The molecule has 2 rings (SSSR count). The second-order valence-corrected chi connectivity index (χ2v) is 6.59. The van der Waals surface area contributed by atoms with Gasteiger partial charge in [-0.1, -0.05) is 54.1 Å². The minimum absolute atomic E-state index is 0.130. The molecule has 0 saturated carbocycles. The maximum Gasteiger partial charge on any atom is 0.237 e. The smallest absolute Gasteiger partial charge is 0.237 e. The third-order valence-corrected chi connectivity index (χ3v) is 4.17. The molecule has 0 saturated heterocycles. The lowest BCUT2D eigenvalue weighted by Crippen LogP contribution is -2.42. The van der Waals surface area contributed by atoms with Crippen molar-refractivity contribution in [3.8, 4) is 0 Å². The normalized spacial score (nSPS) is 10.8. The van der Waals surface area contributed by atoms with Gasteiger partial charge >= 0.3 is 0 Å². The zero-order chi connectivity index (χ0) is 17.4. The van der Waals surface area contributed by atoms with Gasteiger partial charge in [0.2, 0.25) is 5.91 Å². The first-order chi connectivity index (χ1) is 11.6. The van der Waals surface area contributed by atoms with Crippen molar-refractivity contribution in [3.05, 3.63) is 70.7 Å². The van der Waals surface area contributed by atoms with E-state index in [0.29, 0.717) is 13.1 Å². The molecule has 0 aliphatic rings. The van der Waals surface area contributed by atoms with Crippen molar-refractivity contribution in [2.45, 2.75) is 32.9 Å². The summed E-state index contributed by atoms with van der Waals surface area (Å²) < 4.78 is 0. The van der Waals surface area contributed by atoms with Gasteiger partial charge in [-0.3, -0.25) is 4.79 Å². The number of hydrogen-bond acceptors (Lipinski definition) is 2. The highest BCUT2D eigenvalue weighted by Gasteiger charge is 2.16. The molecule has 0 aliphatic heterocycles. The first-order valence-electron chi connectivity index (χ1n) is 8.35. The van der Waals surface area contributed by atoms with Gasteiger partial charge in [0.15, 0.2) is 0 Å². The predicted molar refractivity (Wildman–Crippen MR) is 100 cm³/mol. The van der Waals surface area contributed by atoms with Gasteiger partial charge in [0.1, 0.15) is 0 Å². The fourth-order valence-corrected chi connectivity index (χ4v) is 2.65. The summed E-state index contributed by atoms with van der Waals surface area (Å²) in [5, 5.41) is 3.99. The average molecular weight is 345 g/mol. The van der Waals surface area contributed by atoms with Crippen LogP contribution in [0.15, 0.2) is 54.6 Å². The van der Waals surface area contributed by atoms with Crippen molar-refractivity contribution in [3.63, 3.8) is 0 Å². The molecule has 0 spiro atoms. The van der Waals surface area contributed by atoms with E-state index < -0.39 is 0 Å². The minimum Gasteiger partial charge on any atom is -0.335 e. The summed E-state index contributed by atoms with van der Waals surface area (Å²) in [4.78, 5) is 14.4. The van der Waals surface area contributed by atoms with E-state index in [4.69, 9.17) is 11.6 Å². The molecule has 1 amide bonds. The third kappa shape index (κ3) is 5.99. The SMILES string of the molecule is CC(C)N(Cc1ccccc1)C(=O)CNCCc1ccc(Cl)cc1. The molecule has 3 nitrogen and oxygen atoms in total. The Labute approximate surface area is 149 Å². The van der Waals surface area contributed by atoms with Gasteiger partial charge in [-0.15, -0.1) is 0 Å². The van der Waals surface area contributed by atoms with Gasteiger partial charge in [-0.2, -0.15) is 0 Å². The van der Waals surface area contributed by atoms with Crippen molar-refractivity contribution in [2.75, 3.05) is 13.1 Å². The van der Waals surface area contributed by atoms with Gasteiger partial charge in [0.25, 0.3) is 0 Å². The Morgan fingerprint density at radius 3 is 2.33 bits per heavy atom. The van der Waals surface area contributed by atoms with Crippen LogP contribution in [0.5, 0.6) is 0 Å². The fourth-order valence-electron chi connectivity index (χ4n) is 2.52. The molecule has 2 aromatic carbocycles. The van der Waals surface area contributed by atoms with Crippen LogP contribution in [0.3, 0.4) is 0 Å². The predicted octanol–water partition coefficient (Wildman–Crippen LogP) is 3.91. The van der Waals surface area contributed by atoms with Crippen molar-refractivity contribution in [2.24, 2.45) is 0 Å². The lowest BCUT2D eigenvalue weighted by molar-refractivity contribution is -0.132. The number of carbonyl (C=O) groups is 1. The number of carbonyl (C=O) groups excluding carboxylic acids is 1. The molecule has 0 atom stereocenters. The highest BCUT2D eigenvalue weighted by atomic mass is 35.5. The highest BCUT2D eigenvalue weighted by Crippen LogP contribution is 2.10. The van der Waals surface area contributed by atoms with Crippen molar-refractivity contribution in [1.29, 1.82) is 0 Å². The fraction of sp³-hybridized carbons (Fsp3) is 0.350. The standard InChI is InChI=1S/C20H25ClN2O/c1-16(2)23(15-18-6-4-3-5-7-18)20(24)14-22-13-12-17-8-10-19(21)11-9-17/h3-11,16,22H,12-15H2,1-2H3. The summed E-state index contributed by atoms with van der Waals surface area (Å²) in [7, 11) is 0. The van der Waals surface area contributed by atoms with Crippen LogP contribution in [0.1, 0.15) is 25.0 Å². The van der Waals surface area contributed by atoms with Gasteiger partial charge in [0, 0.05) is 17.6 Å². The van der Waals surface area contributed by atoms with Gasteiger partial charge in [-0.25, -0.2) is 0 Å². The Kier molecular flexibility index (Phi) is 7.29. The number of benzene rings is 2. The maximum absolute atomic E-state index is 12.5. The number of halogens is 1. The molecule has 128 valence electrons. The molecule has 0 heterocycles. The van der Waals surface area contributed by atoms with E-state index in [1.165, 1.54) is 5.56 Å². The third-order valence-electron chi connectivity index (χ3n) is 3.92. The van der Waals surface area contributed by atoms with Crippen LogP contribution in [-0.4, -0.2) is 29.9 Å². The number of hydrogen-bond donors (Lipinski definition) is 1. The number of rotatable bonds is 8. The lowest BCUT2D eigenvalue weighted by Gasteiger charge is -2.27. The van der Waals surface area contributed by atoms with Crippen molar-refractivity contribution in [1.82, 2.24) is 10.2 Å². The summed E-state index contributed by atoms with van der Waals surface area (Å²) in [6.07, 6.45) is 0.880. The van der Waals surface area contributed by atoms with Gasteiger partial charge in [0.05, 0.1) is 6.54 Å².